The van der Waals surface area contributed by atoms with E-state index in [1.54, 1.807) is 0 Å². The van der Waals surface area contributed by atoms with Crippen LogP contribution in [0.3, 0.4) is 0 Å². The highest BCUT2D eigenvalue weighted by atomic mass is 15.0. The molecule has 222 valence electrons. The first-order chi connectivity index (χ1) is 23.7. The van der Waals surface area contributed by atoms with Gasteiger partial charge in [0, 0.05) is 38.5 Å². The Morgan fingerprint density at radius 2 is 1.02 bits per heavy atom. The number of para-hydroxylation sites is 4. The number of hydrogen-bond acceptors (Lipinski definition) is 1. The van der Waals surface area contributed by atoms with Gasteiger partial charge in [-0.05, 0) is 71.3 Å². The van der Waals surface area contributed by atoms with E-state index < -0.39 is 0 Å². The van der Waals surface area contributed by atoms with Gasteiger partial charge >= 0.3 is 0 Å². The van der Waals surface area contributed by atoms with Crippen molar-refractivity contribution in [2.24, 2.45) is 0 Å². The SMILES string of the molecule is [C-]#[N+]c1ccc(-c2cccc(-c3cc(C#N)cc(-n4c5ccccc5c5ccccc54)c3)c2)c(-n2c3ccccc3c3ccccc32)c1. The molecule has 0 amide bonds. The number of rotatable bonds is 4. The van der Waals surface area contributed by atoms with Crippen LogP contribution in [-0.4, -0.2) is 9.13 Å². The van der Waals surface area contributed by atoms with Crippen LogP contribution in [0, 0.1) is 17.9 Å². The number of nitrogens with zero attached hydrogens (tertiary/aromatic N) is 4. The summed E-state index contributed by atoms with van der Waals surface area (Å²) in [6.45, 7) is 7.82. The van der Waals surface area contributed by atoms with Gasteiger partial charge in [0.05, 0.1) is 40.3 Å². The maximum atomic E-state index is 10.2. The van der Waals surface area contributed by atoms with Crippen molar-refractivity contribution < 1.29 is 0 Å². The summed E-state index contributed by atoms with van der Waals surface area (Å²) >= 11 is 0. The molecule has 4 heteroatoms. The predicted octanol–water partition coefficient (Wildman–Crippen LogP) is 11.6. The summed E-state index contributed by atoms with van der Waals surface area (Å²) in [6.07, 6.45) is 0. The van der Waals surface area contributed by atoms with E-state index in [4.69, 9.17) is 6.57 Å². The first-order valence-electron chi connectivity index (χ1n) is 15.9. The summed E-state index contributed by atoms with van der Waals surface area (Å²) < 4.78 is 4.53. The highest BCUT2D eigenvalue weighted by Crippen LogP contribution is 2.39. The highest BCUT2D eigenvalue weighted by Gasteiger charge is 2.17. The number of aromatic nitrogens is 2. The maximum Gasteiger partial charge on any atom is 0.189 e. The number of nitriles is 1. The molecular weight excluding hydrogens is 585 g/mol. The molecular formula is C44H26N4. The molecule has 0 spiro atoms. The van der Waals surface area contributed by atoms with Crippen molar-refractivity contribution in [1.29, 1.82) is 5.26 Å². The van der Waals surface area contributed by atoms with Crippen LogP contribution in [0.2, 0.25) is 0 Å². The molecule has 0 unspecified atom stereocenters. The smallest absolute Gasteiger partial charge is 0.189 e. The molecule has 48 heavy (non-hydrogen) atoms. The average Bonchev–Trinajstić information content (AvgIpc) is 3.67. The molecule has 0 saturated carbocycles. The van der Waals surface area contributed by atoms with Crippen molar-refractivity contribution in [3.05, 3.63) is 175 Å². The molecule has 2 heterocycles. The zero-order chi connectivity index (χ0) is 32.2. The second-order valence-electron chi connectivity index (χ2n) is 12.0. The predicted molar refractivity (Wildman–Crippen MR) is 197 cm³/mol. The number of fused-ring (bicyclic) bond motifs is 6. The minimum absolute atomic E-state index is 0.587. The molecule has 9 aromatic rings. The second-order valence-corrected chi connectivity index (χ2v) is 12.0. The third-order valence-corrected chi connectivity index (χ3v) is 9.32. The topological polar surface area (TPSA) is 38.0 Å². The van der Waals surface area contributed by atoms with Gasteiger partial charge in [0.25, 0.3) is 0 Å². The molecule has 0 N–H and O–H groups in total. The lowest BCUT2D eigenvalue weighted by molar-refractivity contribution is 1.18. The van der Waals surface area contributed by atoms with E-state index in [0.717, 1.165) is 55.7 Å². The fraction of sp³-hybridized carbons (Fsp3) is 0. The van der Waals surface area contributed by atoms with Gasteiger partial charge < -0.3 is 9.13 Å². The first-order valence-corrected chi connectivity index (χ1v) is 15.9. The van der Waals surface area contributed by atoms with Crippen LogP contribution < -0.4 is 0 Å². The van der Waals surface area contributed by atoms with Gasteiger partial charge in [-0.25, -0.2) is 4.85 Å². The van der Waals surface area contributed by atoms with Crippen molar-refractivity contribution in [3.8, 4) is 39.7 Å². The summed E-state index contributed by atoms with van der Waals surface area (Å²) in [7, 11) is 0. The van der Waals surface area contributed by atoms with Gasteiger partial charge in [0.15, 0.2) is 5.69 Å². The van der Waals surface area contributed by atoms with Gasteiger partial charge in [-0.2, -0.15) is 5.26 Å². The number of hydrogen-bond donors (Lipinski definition) is 0. The van der Waals surface area contributed by atoms with Crippen molar-refractivity contribution in [1.82, 2.24) is 9.13 Å². The fourth-order valence-corrected chi connectivity index (χ4v) is 7.24. The Morgan fingerprint density at radius 3 is 1.58 bits per heavy atom. The molecule has 7 aromatic carbocycles. The lowest BCUT2D eigenvalue weighted by Gasteiger charge is -2.16. The summed E-state index contributed by atoms with van der Waals surface area (Å²) in [5.74, 6) is 0. The molecule has 4 nitrogen and oxygen atoms in total. The maximum absolute atomic E-state index is 10.2. The van der Waals surface area contributed by atoms with Crippen molar-refractivity contribution in [2.45, 2.75) is 0 Å². The molecule has 0 bridgehead atoms. The second kappa shape index (κ2) is 10.9. The normalized spacial score (nSPS) is 11.3. The first kappa shape index (κ1) is 27.4. The van der Waals surface area contributed by atoms with Crippen LogP contribution >= 0.6 is 0 Å². The van der Waals surface area contributed by atoms with Crippen LogP contribution in [0.15, 0.2) is 158 Å². The van der Waals surface area contributed by atoms with Gasteiger partial charge in [-0.1, -0.05) is 103 Å². The molecule has 0 aliphatic rings. The molecule has 0 radical (unpaired) electrons. The molecule has 0 aliphatic carbocycles. The zero-order valence-electron chi connectivity index (χ0n) is 25.8. The summed E-state index contributed by atoms with van der Waals surface area (Å²) in [5.41, 5.74) is 11.5. The van der Waals surface area contributed by atoms with Crippen molar-refractivity contribution in [3.63, 3.8) is 0 Å². The summed E-state index contributed by atoms with van der Waals surface area (Å²) in [6, 6.07) is 56.6. The fourth-order valence-electron chi connectivity index (χ4n) is 7.24. The molecule has 0 saturated heterocycles. The Kier molecular flexibility index (Phi) is 6.22. The lowest BCUT2D eigenvalue weighted by atomic mass is 9.96. The van der Waals surface area contributed by atoms with Crippen molar-refractivity contribution >= 4 is 49.3 Å². The van der Waals surface area contributed by atoms with Gasteiger partial charge in [-0.3, -0.25) is 0 Å². The van der Waals surface area contributed by atoms with E-state index in [1.165, 1.54) is 21.5 Å². The number of benzene rings is 7. The summed E-state index contributed by atoms with van der Waals surface area (Å²) in [4.78, 5) is 3.80. The monoisotopic (exact) mass is 610 g/mol. The Bertz CT molecular complexity index is 2710. The largest absolute Gasteiger partial charge is 0.310 e. The lowest BCUT2D eigenvalue weighted by Crippen LogP contribution is -1.98. The highest BCUT2D eigenvalue weighted by molar-refractivity contribution is 6.10. The van der Waals surface area contributed by atoms with Gasteiger partial charge in [-0.15, -0.1) is 0 Å². The summed E-state index contributed by atoms with van der Waals surface area (Å²) in [5, 5.41) is 14.9. The van der Waals surface area contributed by atoms with Gasteiger partial charge in [0.1, 0.15) is 0 Å². The van der Waals surface area contributed by atoms with E-state index in [9.17, 15) is 5.26 Å². The van der Waals surface area contributed by atoms with Crippen LogP contribution in [0.1, 0.15) is 5.56 Å². The molecule has 0 fully saturated rings. The molecule has 0 atom stereocenters. The average molecular weight is 611 g/mol. The Hall–Kier alpha value is -6.88. The van der Waals surface area contributed by atoms with Crippen LogP contribution in [0.4, 0.5) is 5.69 Å². The van der Waals surface area contributed by atoms with Crippen LogP contribution in [0.5, 0.6) is 0 Å². The van der Waals surface area contributed by atoms with E-state index in [0.29, 0.717) is 11.3 Å². The van der Waals surface area contributed by atoms with E-state index >= 15 is 0 Å². The van der Waals surface area contributed by atoms with Crippen LogP contribution in [0.25, 0.3) is 82.1 Å². The molecule has 0 aliphatic heterocycles. The standard InChI is InChI=1S/C44H26N4/c1-46-33-21-22-35(44(27-33)48-42-19-8-4-15-38(42)39-16-5-9-20-43(39)48)31-12-10-11-30(25-31)32-23-29(28-45)24-34(26-32)47-40-17-6-2-13-36(40)37-14-3-7-18-41(37)47/h2-27H. The van der Waals surface area contributed by atoms with Crippen LogP contribution in [-0.2, 0) is 0 Å². The Morgan fingerprint density at radius 1 is 0.479 bits per heavy atom. The van der Waals surface area contributed by atoms with Gasteiger partial charge in [0.2, 0.25) is 0 Å². The third-order valence-electron chi connectivity index (χ3n) is 9.32. The van der Waals surface area contributed by atoms with E-state index in [-0.39, 0.29) is 0 Å². The Balaban J connectivity index is 1.25. The van der Waals surface area contributed by atoms with E-state index in [1.807, 2.05) is 24.3 Å². The quantitative estimate of drug-likeness (QED) is 0.183. The molecule has 9 rings (SSSR count). The van der Waals surface area contributed by atoms with Crippen molar-refractivity contribution in [2.75, 3.05) is 0 Å². The molecule has 2 aromatic heterocycles. The van der Waals surface area contributed by atoms with E-state index in [2.05, 4.69) is 154 Å². The zero-order valence-corrected chi connectivity index (χ0v) is 25.8. The Labute approximate surface area is 277 Å². The third kappa shape index (κ3) is 4.22. The minimum atomic E-state index is 0.587. The minimum Gasteiger partial charge on any atom is -0.310 e.